The van der Waals surface area contributed by atoms with Crippen molar-refractivity contribution in [2.75, 3.05) is 7.11 Å². The number of ether oxygens (including phenoxy) is 1. The molecule has 0 bridgehead atoms. The number of carbonyl (C=O) groups is 1. The molecular formula is C11H11N3O2. The Balaban J connectivity index is 2.22. The second kappa shape index (κ2) is 4.57. The molecule has 0 spiro atoms. The fraction of sp³-hybridized carbons (Fsp3) is 0.182. The third-order valence-electron chi connectivity index (χ3n) is 2.22. The maximum Gasteiger partial charge on any atom is 0.354 e. The van der Waals surface area contributed by atoms with Crippen molar-refractivity contribution in [3.63, 3.8) is 0 Å². The van der Waals surface area contributed by atoms with Crippen LogP contribution in [0.1, 0.15) is 16.1 Å². The fourth-order valence-electron chi connectivity index (χ4n) is 1.45. The number of rotatable bonds is 3. The second-order valence-corrected chi connectivity index (χ2v) is 3.26. The predicted octanol–water partition coefficient (Wildman–Crippen LogP) is 1.11. The van der Waals surface area contributed by atoms with Crippen molar-refractivity contribution < 1.29 is 9.53 Å². The number of esters is 1. The van der Waals surface area contributed by atoms with E-state index in [1.807, 2.05) is 16.8 Å². The maximum atomic E-state index is 11.4. The molecule has 2 heterocycles. The monoisotopic (exact) mass is 217 g/mol. The van der Waals surface area contributed by atoms with Gasteiger partial charge in [0.15, 0.2) is 0 Å². The van der Waals surface area contributed by atoms with Crippen molar-refractivity contribution in [2.24, 2.45) is 0 Å². The van der Waals surface area contributed by atoms with E-state index in [1.165, 1.54) is 7.11 Å². The van der Waals surface area contributed by atoms with Crippen LogP contribution < -0.4 is 0 Å². The Kier molecular flexibility index (Phi) is 2.95. The van der Waals surface area contributed by atoms with Gasteiger partial charge in [-0.2, -0.15) is 10.2 Å². The van der Waals surface area contributed by atoms with Gasteiger partial charge >= 0.3 is 5.97 Å². The van der Waals surface area contributed by atoms with Crippen molar-refractivity contribution in [1.82, 2.24) is 14.8 Å². The zero-order valence-electron chi connectivity index (χ0n) is 8.83. The molecule has 0 amide bonds. The smallest absolute Gasteiger partial charge is 0.354 e. The summed E-state index contributed by atoms with van der Waals surface area (Å²) in [5.74, 6) is -0.341. The summed E-state index contributed by atoms with van der Waals surface area (Å²) in [6.07, 6.45) is 5.12. The van der Waals surface area contributed by atoms with Crippen LogP contribution in [-0.2, 0) is 11.3 Å². The molecule has 0 saturated heterocycles. The summed E-state index contributed by atoms with van der Waals surface area (Å²) in [6, 6.07) is 5.38. The van der Waals surface area contributed by atoms with Crippen LogP contribution in [0.4, 0.5) is 0 Å². The molecule has 0 atom stereocenters. The van der Waals surface area contributed by atoms with Gasteiger partial charge < -0.3 is 9.30 Å². The lowest BCUT2D eigenvalue weighted by molar-refractivity contribution is 0.0589. The van der Waals surface area contributed by atoms with Gasteiger partial charge in [-0.1, -0.05) is 0 Å². The van der Waals surface area contributed by atoms with Crippen molar-refractivity contribution >= 4 is 5.97 Å². The zero-order valence-corrected chi connectivity index (χ0v) is 8.83. The first-order valence-corrected chi connectivity index (χ1v) is 4.80. The fourth-order valence-corrected chi connectivity index (χ4v) is 1.45. The van der Waals surface area contributed by atoms with Gasteiger partial charge in [0.1, 0.15) is 5.69 Å². The summed E-state index contributed by atoms with van der Waals surface area (Å²) >= 11 is 0. The van der Waals surface area contributed by atoms with E-state index in [2.05, 4.69) is 14.9 Å². The highest BCUT2D eigenvalue weighted by Gasteiger charge is 2.10. The molecular weight excluding hydrogens is 206 g/mol. The van der Waals surface area contributed by atoms with E-state index in [0.29, 0.717) is 12.2 Å². The summed E-state index contributed by atoms with van der Waals surface area (Å²) in [7, 11) is 1.37. The SMILES string of the molecule is COC(=O)c1cccn1Cc1ccnnc1. The Morgan fingerprint density at radius 2 is 2.31 bits per heavy atom. The number of hydrogen-bond acceptors (Lipinski definition) is 4. The number of aromatic nitrogens is 3. The van der Waals surface area contributed by atoms with E-state index >= 15 is 0 Å². The first-order chi connectivity index (χ1) is 7.81. The van der Waals surface area contributed by atoms with Crippen LogP contribution in [0.5, 0.6) is 0 Å². The minimum Gasteiger partial charge on any atom is -0.464 e. The molecule has 0 radical (unpaired) electrons. The van der Waals surface area contributed by atoms with E-state index in [4.69, 9.17) is 0 Å². The predicted molar refractivity (Wildman–Crippen MR) is 56.9 cm³/mol. The summed E-state index contributed by atoms with van der Waals surface area (Å²) in [6.45, 7) is 0.576. The first kappa shape index (κ1) is 10.4. The van der Waals surface area contributed by atoms with E-state index in [-0.39, 0.29) is 5.97 Å². The highest BCUT2D eigenvalue weighted by Crippen LogP contribution is 2.07. The third-order valence-corrected chi connectivity index (χ3v) is 2.22. The van der Waals surface area contributed by atoms with Gasteiger partial charge in [-0.15, -0.1) is 0 Å². The molecule has 5 nitrogen and oxygen atoms in total. The highest BCUT2D eigenvalue weighted by atomic mass is 16.5. The number of hydrogen-bond donors (Lipinski definition) is 0. The molecule has 0 aliphatic rings. The van der Waals surface area contributed by atoms with Gasteiger partial charge in [0.05, 0.1) is 13.3 Å². The van der Waals surface area contributed by atoms with Gasteiger partial charge in [0.25, 0.3) is 0 Å². The Hall–Kier alpha value is -2.17. The summed E-state index contributed by atoms with van der Waals surface area (Å²) in [4.78, 5) is 11.4. The molecule has 2 aromatic rings. The maximum absolute atomic E-state index is 11.4. The molecule has 0 fully saturated rings. The average Bonchev–Trinajstić information content (AvgIpc) is 2.77. The molecule has 0 unspecified atom stereocenters. The van der Waals surface area contributed by atoms with Crippen molar-refractivity contribution in [2.45, 2.75) is 6.54 Å². The molecule has 0 aromatic carbocycles. The van der Waals surface area contributed by atoms with E-state index in [1.54, 1.807) is 24.5 Å². The Morgan fingerprint density at radius 1 is 1.44 bits per heavy atom. The van der Waals surface area contributed by atoms with Crippen LogP contribution >= 0.6 is 0 Å². The summed E-state index contributed by atoms with van der Waals surface area (Å²) < 4.78 is 6.49. The van der Waals surface area contributed by atoms with E-state index in [9.17, 15) is 4.79 Å². The standard InChI is InChI=1S/C11H11N3O2/c1-16-11(15)10-3-2-6-14(10)8-9-4-5-12-13-7-9/h2-7H,8H2,1H3. The third kappa shape index (κ3) is 2.08. The lowest BCUT2D eigenvalue weighted by Gasteiger charge is -2.06. The van der Waals surface area contributed by atoms with Gasteiger partial charge in [0.2, 0.25) is 0 Å². The molecule has 82 valence electrons. The minimum atomic E-state index is -0.341. The van der Waals surface area contributed by atoms with Crippen molar-refractivity contribution in [3.8, 4) is 0 Å². The molecule has 0 aliphatic carbocycles. The lowest BCUT2D eigenvalue weighted by Crippen LogP contribution is -2.10. The minimum absolute atomic E-state index is 0.341. The number of carbonyl (C=O) groups excluding carboxylic acids is 1. The largest absolute Gasteiger partial charge is 0.464 e. The van der Waals surface area contributed by atoms with Gasteiger partial charge in [-0.05, 0) is 23.8 Å². The van der Waals surface area contributed by atoms with Crippen LogP contribution in [0.3, 0.4) is 0 Å². The molecule has 2 aromatic heterocycles. The molecule has 2 rings (SSSR count). The molecule has 0 aliphatic heterocycles. The zero-order chi connectivity index (χ0) is 11.4. The van der Waals surface area contributed by atoms with E-state index in [0.717, 1.165) is 5.56 Å². The van der Waals surface area contributed by atoms with Crippen LogP contribution in [0.25, 0.3) is 0 Å². The molecule has 0 saturated carbocycles. The molecule has 5 heteroatoms. The summed E-state index contributed by atoms with van der Waals surface area (Å²) in [5.41, 5.74) is 1.51. The summed E-state index contributed by atoms with van der Waals surface area (Å²) in [5, 5.41) is 7.48. The number of nitrogens with zero attached hydrogens (tertiary/aromatic N) is 3. The highest BCUT2D eigenvalue weighted by molar-refractivity contribution is 5.87. The molecule has 16 heavy (non-hydrogen) atoms. The quantitative estimate of drug-likeness (QED) is 0.723. The van der Waals surface area contributed by atoms with Gasteiger partial charge in [-0.3, -0.25) is 0 Å². The first-order valence-electron chi connectivity index (χ1n) is 4.80. The lowest BCUT2D eigenvalue weighted by atomic mass is 10.3. The van der Waals surface area contributed by atoms with Gasteiger partial charge in [-0.25, -0.2) is 4.79 Å². The second-order valence-electron chi connectivity index (χ2n) is 3.26. The van der Waals surface area contributed by atoms with Crippen LogP contribution in [0.2, 0.25) is 0 Å². The topological polar surface area (TPSA) is 57.0 Å². The Bertz CT molecular complexity index is 479. The van der Waals surface area contributed by atoms with Crippen LogP contribution in [0, 0.1) is 0 Å². The average molecular weight is 217 g/mol. The van der Waals surface area contributed by atoms with Crippen molar-refractivity contribution in [1.29, 1.82) is 0 Å². The van der Waals surface area contributed by atoms with Crippen LogP contribution in [0.15, 0.2) is 36.8 Å². The van der Waals surface area contributed by atoms with Crippen LogP contribution in [-0.4, -0.2) is 27.8 Å². The van der Waals surface area contributed by atoms with Gasteiger partial charge in [0, 0.05) is 18.9 Å². The normalized spacial score (nSPS) is 10.1. The van der Waals surface area contributed by atoms with Crippen molar-refractivity contribution in [3.05, 3.63) is 48.0 Å². The number of methoxy groups -OCH3 is 1. The molecule has 0 N–H and O–H groups in total. The van der Waals surface area contributed by atoms with E-state index < -0.39 is 0 Å². The Labute approximate surface area is 92.7 Å². The Morgan fingerprint density at radius 3 is 3.00 bits per heavy atom.